The van der Waals surface area contributed by atoms with Gasteiger partial charge in [0, 0.05) is 11.6 Å². The molecule has 3 rings (SSSR count). The predicted molar refractivity (Wildman–Crippen MR) is 96.6 cm³/mol. The van der Waals surface area contributed by atoms with E-state index in [0.717, 1.165) is 17.7 Å². The van der Waals surface area contributed by atoms with E-state index in [1.165, 1.54) is 31.0 Å². The minimum atomic E-state index is 0.0212. The zero-order valence-corrected chi connectivity index (χ0v) is 15.3. The van der Waals surface area contributed by atoms with Crippen LogP contribution in [0.25, 0.3) is 11.5 Å². The number of amides is 1. The summed E-state index contributed by atoms with van der Waals surface area (Å²) < 4.78 is 10.8. The van der Waals surface area contributed by atoms with E-state index in [9.17, 15) is 4.79 Å². The van der Waals surface area contributed by atoms with Crippen molar-refractivity contribution in [1.82, 2.24) is 15.5 Å². The van der Waals surface area contributed by atoms with Crippen LogP contribution in [-0.2, 0) is 4.79 Å². The molecule has 1 N–H and O–H groups in total. The number of aromatic nitrogens is 2. The Morgan fingerprint density at radius 2 is 2.04 bits per heavy atom. The lowest BCUT2D eigenvalue weighted by atomic mass is 9.86. The zero-order valence-electron chi connectivity index (χ0n) is 14.5. The average molecular weight is 361 g/mol. The van der Waals surface area contributed by atoms with Crippen LogP contribution in [-0.4, -0.2) is 35.0 Å². The van der Waals surface area contributed by atoms with Crippen molar-refractivity contribution in [3.05, 3.63) is 24.3 Å². The van der Waals surface area contributed by atoms with Gasteiger partial charge in [-0.2, -0.15) is 0 Å². The lowest BCUT2D eigenvalue weighted by Gasteiger charge is -2.29. The van der Waals surface area contributed by atoms with Crippen molar-refractivity contribution in [2.45, 2.75) is 43.9 Å². The van der Waals surface area contributed by atoms with Gasteiger partial charge in [0.15, 0.2) is 0 Å². The van der Waals surface area contributed by atoms with Gasteiger partial charge in [0.1, 0.15) is 5.75 Å². The first-order valence-corrected chi connectivity index (χ1v) is 9.54. The second-order valence-corrected chi connectivity index (χ2v) is 7.25. The summed E-state index contributed by atoms with van der Waals surface area (Å²) in [5.41, 5.74) is 0.820. The number of thioether (sulfide) groups is 1. The third-order valence-electron chi connectivity index (χ3n) is 4.53. The Labute approximate surface area is 151 Å². The van der Waals surface area contributed by atoms with Crippen LogP contribution in [0.3, 0.4) is 0 Å². The summed E-state index contributed by atoms with van der Waals surface area (Å²) in [6.07, 6.45) is 4.71. The number of hydrogen-bond donors (Lipinski definition) is 1. The maximum absolute atomic E-state index is 12.1. The minimum absolute atomic E-state index is 0.0212. The summed E-state index contributed by atoms with van der Waals surface area (Å²) in [5, 5.41) is 11.6. The second-order valence-electron chi connectivity index (χ2n) is 6.33. The Balaban J connectivity index is 1.51. The van der Waals surface area contributed by atoms with Gasteiger partial charge in [0.25, 0.3) is 5.22 Å². The van der Waals surface area contributed by atoms with E-state index in [1.54, 1.807) is 7.11 Å². The number of ether oxygens (including phenoxy) is 1. The number of hydrogen-bond acceptors (Lipinski definition) is 6. The highest BCUT2D eigenvalue weighted by atomic mass is 32.2. The molecule has 25 heavy (non-hydrogen) atoms. The van der Waals surface area contributed by atoms with Crippen molar-refractivity contribution < 1.29 is 13.9 Å². The van der Waals surface area contributed by atoms with Gasteiger partial charge in [-0.3, -0.25) is 4.79 Å². The molecule has 0 saturated heterocycles. The quantitative estimate of drug-likeness (QED) is 0.793. The molecule has 134 valence electrons. The average Bonchev–Trinajstić information content (AvgIpc) is 3.11. The first kappa shape index (κ1) is 17.8. The second kappa shape index (κ2) is 8.38. The SMILES string of the molecule is COc1ccc(-c2nnc(SCC(=O)N[C@H]3CCCC[C@@H]3C)o2)cc1. The van der Waals surface area contributed by atoms with Gasteiger partial charge in [-0.25, -0.2) is 0 Å². The van der Waals surface area contributed by atoms with Gasteiger partial charge < -0.3 is 14.5 Å². The molecule has 1 aliphatic carbocycles. The van der Waals surface area contributed by atoms with Gasteiger partial charge in [0.05, 0.1) is 12.9 Å². The number of nitrogens with zero attached hydrogens (tertiary/aromatic N) is 2. The number of methoxy groups -OCH3 is 1. The minimum Gasteiger partial charge on any atom is -0.497 e. The third-order valence-corrected chi connectivity index (χ3v) is 5.35. The van der Waals surface area contributed by atoms with Crippen LogP contribution < -0.4 is 10.1 Å². The molecule has 0 bridgehead atoms. The molecule has 1 amide bonds. The molecule has 1 aromatic heterocycles. The smallest absolute Gasteiger partial charge is 0.277 e. The van der Waals surface area contributed by atoms with E-state index >= 15 is 0 Å². The summed E-state index contributed by atoms with van der Waals surface area (Å²) in [6, 6.07) is 7.69. The Bertz CT molecular complexity index is 702. The van der Waals surface area contributed by atoms with Crippen LogP contribution in [0.15, 0.2) is 33.9 Å². The molecule has 6 nitrogen and oxygen atoms in total. The number of rotatable bonds is 6. The molecule has 0 unspecified atom stereocenters. The van der Waals surface area contributed by atoms with Crippen LogP contribution in [0, 0.1) is 5.92 Å². The number of carbonyl (C=O) groups excluding carboxylic acids is 1. The fourth-order valence-corrected chi connectivity index (χ4v) is 3.60. The molecule has 1 heterocycles. The summed E-state index contributed by atoms with van der Waals surface area (Å²) in [5.74, 6) is 2.06. The largest absolute Gasteiger partial charge is 0.497 e. The van der Waals surface area contributed by atoms with Crippen molar-refractivity contribution in [1.29, 1.82) is 0 Å². The molecular weight excluding hydrogens is 338 g/mol. The highest BCUT2D eigenvalue weighted by molar-refractivity contribution is 7.99. The normalized spacial score (nSPS) is 20.2. The number of nitrogens with one attached hydrogen (secondary N) is 1. The summed E-state index contributed by atoms with van der Waals surface area (Å²) in [7, 11) is 1.62. The molecule has 0 radical (unpaired) electrons. The molecule has 1 fully saturated rings. The van der Waals surface area contributed by atoms with Crippen molar-refractivity contribution >= 4 is 17.7 Å². The van der Waals surface area contributed by atoms with Crippen molar-refractivity contribution in [3.63, 3.8) is 0 Å². The van der Waals surface area contributed by atoms with Gasteiger partial charge in [-0.05, 0) is 43.0 Å². The number of benzene rings is 1. The van der Waals surface area contributed by atoms with Crippen LogP contribution in [0.5, 0.6) is 5.75 Å². The lowest BCUT2D eigenvalue weighted by Crippen LogP contribution is -2.41. The van der Waals surface area contributed by atoms with E-state index < -0.39 is 0 Å². The topological polar surface area (TPSA) is 77.2 Å². The monoisotopic (exact) mass is 361 g/mol. The molecule has 1 saturated carbocycles. The van der Waals surface area contributed by atoms with Crippen LogP contribution in [0.1, 0.15) is 32.6 Å². The lowest BCUT2D eigenvalue weighted by molar-refractivity contribution is -0.119. The molecular formula is C18H23N3O3S. The highest BCUT2D eigenvalue weighted by Gasteiger charge is 2.23. The zero-order chi connectivity index (χ0) is 17.6. The Kier molecular flexibility index (Phi) is 5.96. The van der Waals surface area contributed by atoms with Crippen molar-refractivity contribution in [2.75, 3.05) is 12.9 Å². The molecule has 0 spiro atoms. The molecule has 2 aromatic rings. The fraction of sp³-hybridized carbons (Fsp3) is 0.500. The molecule has 2 atom stereocenters. The molecule has 7 heteroatoms. The summed E-state index contributed by atoms with van der Waals surface area (Å²) >= 11 is 1.26. The summed E-state index contributed by atoms with van der Waals surface area (Å²) in [6.45, 7) is 2.20. The first-order chi connectivity index (χ1) is 12.2. The Hall–Kier alpha value is -2.02. The fourth-order valence-electron chi connectivity index (χ4n) is 3.02. The van der Waals surface area contributed by atoms with E-state index in [4.69, 9.17) is 9.15 Å². The molecule has 0 aliphatic heterocycles. The van der Waals surface area contributed by atoms with Gasteiger partial charge in [-0.15, -0.1) is 10.2 Å². The van der Waals surface area contributed by atoms with Crippen molar-refractivity contribution in [3.8, 4) is 17.2 Å². The van der Waals surface area contributed by atoms with Crippen LogP contribution in [0.4, 0.5) is 0 Å². The van der Waals surface area contributed by atoms with Gasteiger partial charge in [-0.1, -0.05) is 31.5 Å². The van der Waals surface area contributed by atoms with Crippen LogP contribution in [0.2, 0.25) is 0 Å². The van der Waals surface area contributed by atoms with E-state index in [2.05, 4.69) is 22.4 Å². The third kappa shape index (κ3) is 4.75. The van der Waals surface area contributed by atoms with Crippen molar-refractivity contribution in [2.24, 2.45) is 5.92 Å². The standard InChI is InChI=1S/C18H23N3O3S/c1-12-5-3-4-6-15(12)19-16(22)11-25-18-21-20-17(24-18)13-7-9-14(23-2)10-8-13/h7-10,12,15H,3-6,11H2,1-2H3,(H,19,22)/t12-,15-/m0/s1. The van der Waals surface area contributed by atoms with E-state index in [-0.39, 0.29) is 11.7 Å². The predicted octanol–water partition coefficient (Wildman–Crippen LogP) is 3.53. The van der Waals surface area contributed by atoms with Gasteiger partial charge >= 0.3 is 0 Å². The Morgan fingerprint density at radius 1 is 1.28 bits per heavy atom. The van der Waals surface area contributed by atoms with E-state index in [1.807, 2.05) is 24.3 Å². The highest BCUT2D eigenvalue weighted by Crippen LogP contribution is 2.26. The molecule has 1 aliphatic rings. The van der Waals surface area contributed by atoms with E-state index in [0.29, 0.717) is 23.1 Å². The van der Waals surface area contributed by atoms with Gasteiger partial charge in [0.2, 0.25) is 11.8 Å². The Morgan fingerprint density at radius 3 is 2.76 bits per heavy atom. The summed E-state index contributed by atoms with van der Waals surface area (Å²) in [4.78, 5) is 12.1. The van der Waals surface area contributed by atoms with Crippen LogP contribution >= 0.6 is 11.8 Å². The number of carbonyl (C=O) groups is 1. The first-order valence-electron chi connectivity index (χ1n) is 8.56. The maximum atomic E-state index is 12.1. The maximum Gasteiger partial charge on any atom is 0.277 e. The molecule has 1 aromatic carbocycles.